The van der Waals surface area contributed by atoms with E-state index in [2.05, 4.69) is 5.32 Å². The maximum absolute atomic E-state index is 13.1. The lowest BCUT2D eigenvalue weighted by Gasteiger charge is -2.33. The van der Waals surface area contributed by atoms with Crippen molar-refractivity contribution >= 4 is 23.4 Å². The zero-order chi connectivity index (χ0) is 22.2. The summed E-state index contributed by atoms with van der Waals surface area (Å²) in [5, 5.41) is 3.58. The highest BCUT2D eigenvalue weighted by atomic mass is 35.5. The van der Waals surface area contributed by atoms with Crippen LogP contribution in [0, 0.1) is 5.92 Å². The van der Waals surface area contributed by atoms with Crippen LogP contribution in [-0.2, 0) is 11.3 Å². The number of carbonyl (C=O) groups is 2. The largest absolute Gasteiger partial charge is 0.493 e. The molecular weight excluding hydrogens is 416 g/mol. The number of nitrogens with zero attached hydrogens (tertiary/aromatic N) is 1. The Bertz CT molecular complexity index is 918. The molecule has 0 spiro atoms. The molecule has 0 bridgehead atoms. The van der Waals surface area contributed by atoms with Gasteiger partial charge >= 0.3 is 0 Å². The minimum Gasteiger partial charge on any atom is -0.493 e. The maximum atomic E-state index is 13.1. The van der Waals surface area contributed by atoms with Crippen molar-refractivity contribution < 1.29 is 19.1 Å². The molecule has 1 atom stereocenters. The topological polar surface area (TPSA) is 67.9 Å². The summed E-state index contributed by atoms with van der Waals surface area (Å²) in [4.78, 5) is 27.3. The molecule has 0 aromatic heterocycles. The van der Waals surface area contributed by atoms with Gasteiger partial charge in [0.05, 0.1) is 19.8 Å². The Balaban J connectivity index is 1.53. The van der Waals surface area contributed by atoms with Crippen LogP contribution in [0.1, 0.15) is 41.6 Å². The molecule has 1 N–H and O–H groups in total. The van der Waals surface area contributed by atoms with Gasteiger partial charge in [0.2, 0.25) is 5.91 Å². The van der Waals surface area contributed by atoms with Crippen molar-refractivity contribution in [2.75, 3.05) is 27.3 Å². The van der Waals surface area contributed by atoms with Gasteiger partial charge in [0, 0.05) is 31.1 Å². The molecular formula is C24H29ClN2O4. The SMILES string of the molecule is COc1cccc(C(=O)N2CCCC(CCC(=O)NCc3ccccc3Cl)C2)c1OC. The first-order chi connectivity index (χ1) is 15.0. The predicted molar refractivity (Wildman–Crippen MR) is 121 cm³/mol. The Morgan fingerprint density at radius 2 is 1.94 bits per heavy atom. The minimum atomic E-state index is -0.0661. The van der Waals surface area contributed by atoms with Crippen LogP contribution in [0.2, 0.25) is 5.02 Å². The van der Waals surface area contributed by atoms with Crippen molar-refractivity contribution in [3.05, 3.63) is 58.6 Å². The molecule has 1 aliphatic heterocycles. The summed E-state index contributed by atoms with van der Waals surface area (Å²) in [6.07, 6.45) is 3.10. The van der Waals surface area contributed by atoms with Crippen LogP contribution in [0.4, 0.5) is 0 Å². The van der Waals surface area contributed by atoms with Crippen molar-refractivity contribution in [2.24, 2.45) is 5.92 Å². The Hall–Kier alpha value is -2.73. The average molecular weight is 445 g/mol. The molecule has 0 aliphatic carbocycles. The van der Waals surface area contributed by atoms with E-state index in [9.17, 15) is 9.59 Å². The molecule has 2 aromatic carbocycles. The molecule has 2 aromatic rings. The van der Waals surface area contributed by atoms with Crippen molar-refractivity contribution in [3.8, 4) is 11.5 Å². The second kappa shape index (κ2) is 11.0. The van der Waals surface area contributed by atoms with E-state index in [0.717, 1.165) is 24.8 Å². The predicted octanol–water partition coefficient (Wildman–Crippen LogP) is 4.31. The van der Waals surface area contributed by atoms with Crippen LogP contribution in [0.15, 0.2) is 42.5 Å². The summed E-state index contributed by atoms with van der Waals surface area (Å²) in [5.41, 5.74) is 1.40. The van der Waals surface area contributed by atoms with Gasteiger partial charge in [0.15, 0.2) is 11.5 Å². The second-order valence-corrected chi connectivity index (χ2v) is 8.11. The Kier molecular flexibility index (Phi) is 8.18. The van der Waals surface area contributed by atoms with Crippen LogP contribution >= 0.6 is 11.6 Å². The molecule has 7 heteroatoms. The van der Waals surface area contributed by atoms with Gasteiger partial charge in [-0.25, -0.2) is 0 Å². The van der Waals surface area contributed by atoms with E-state index in [1.54, 1.807) is 25.3 Å². The highest BCUT2D eigenvalue weighted by molar-refractivity contribution is 6.31. The zero-order valence-corrected chi connectivity index (χ0v) is 18.8. The highest BCUT2D eigenvalue weighted by Crippen LogP contribution is 2.32. The number of benzene rings is 2. The lowest BCUT2D eigenvalue weighted by molar-refractivity contribution is -0.121. The first-order valence-electron chi connectivity index (χ1n) is 10.5. The molecule has 6 nitrogen and oxygen atoms in total. The van der Waals surface area contributed by atoms with E-state index in [-0.39, 0.29) is 11.8 Å². The van der Waals surface area contributed by atoms with Crippen LogP contribution in [0.3, 0.4) is 0 Å². The number of nitrogens with one attached hydrogen (secondary N) is 1. The zero-order valence-electron chi connectivity index (χ0n) is 18.0. The maximum Gasteiger partial charge on any atom is 0.257 e. The fourth-order valence-electron chi connectivity index (χ4n) is 3.97. The van der Waals surface area contributed by atoms with E-state index in [1.165, 1.54) is 7.11 Å². The van der Waals surface area contributed by atoms with Crippen molar-refractivity contribution in [3.63, 3.8) is 0 Å². The summed E-state index contributed by atoms with van der Waals surface area (Å²) in [6, 6.07) is 12.8. The number of hydrogen-bond donors (Lipinski definition) is 1. The lowest BCUT2D eigenvalue weighted by atomic mass is 9.92. The number of para-hydroxylation sites is 1. The number of halogens is 1. The van der Waals surface area contributed by atoms with Crippen molar-refractivity contribution in [1.29, 1.82) is 0 Å². The number of amides is 2. The van der Waals surface area contributed by atoms with Gasteiger partial charge in [0.1, 0.15) is 0 Å². The standard InChI is InChI=1S/C24H29ClN2O4/c1-30-21-11-5-9-19(23(21)31-2)24(29)27-14-6-7-17(16-27)12-13-22(28)26-15-18-8-3-4-10-20(18)25/h3-5,8-11,17H,6-7,12-16H2,1-2H3,(H,26,28). The van der Waals surface area contributed by atoms with Crippen LogP contribution in [0.25, 0.3) is 0 Å². The summed E-state index contributed by atoms with van der Waals surface area (Å²) < 4.78 is 10.7. The Morgan fingerprint density at radius 3 is 2.68 bits per heavy atom. The summed E-state index contributed by atoms with van der Waals surface area (Å²) >= 11 is 6.14. The molecule has 0 saturated carbocycles. The third-order valence-electron chi connectivity index (χ3n) is 5.65. The van der Waals surface area contributed by atoms with E-state index in [4.69, 9.17) is 21.1 Å². The fraction of sp³-hybridized carbons (Fsp3) is 0.417. The molecule has 1 unspecified atom stereocenters. The summed E-state index contributed by atoms with van der Waals surface area (Å²) in [6.45, 7) is 1.76. The number of likely N-dealkylation sites (tertiary alicyclic amines) is 1. The lowest BCUT2D eigenvalue weighted by Crippen LogP contribution is -2.40. The van der Waals surface area contributed by atoms with E-state index >= 15 is 0 Å². The monoisotopic (exact) mass is 444 g/mol. The first kappa shape index (κ1) is 22.9. The van der Waals surface area contributed by atoms with Crippen molar-refractivity contribution in [2.45, 2.75) is 32.2 Å². The van der Waals surface area contributed by atoms with E-state index in [1.807, 2.05) is 29.2 Å². The third-order valence-corrected chi connectivity index (χ3v) is 6.02. The van der Waals surface area contributed by atoms with E-state index < -0.39 is 0 Å². The quantitative estimate of drug-likeness (QED) is 0.658. The minimum absolute atomic E-state index is 0.00200. The summed E-state index contributed by atoms with van der Waals surface area (Å²) in [7, 11) is 3.09. The fourth-order valence-corrected chi connectivity index (χ4v) is 4.17. The van der Waals surface area contributed by atoms with Gasteiger partial charge in [-0.1, -0.05) is 35.9 Å². The summed E-state index contributed by atoms with van der Waals surface area (Å²) in [5.74, 6) is 1.22. The molecule has 31 heavy (non-hydrogen) atoms. The first-order valence-corrected chi connectivity index (χ1v) is 10.9. The number of piperidine rings is 1. The van der Waals surface area contributed by atoms with Gasteiger partial charge < -0.3 is 19.7 Å². The van der Waals surface area contributed by atoms with Gasteiger partial charge in [-0.05, 0) is 48.9 Å². The van der Waals surface area contributed by atoms with Gasteiger partial charge in [0.25, 0.3) is 5.91 Å². The molecule has 1 heterocycles. The number of ether oxygens (including phenoxy) is 2. The van der Waals surface area contributed by atoms with Crippen molar-refractivity contribution in [1.82, 2.24) is 10.2 Å². The van der Waals surface area contributed by atoms with Crippen LogP contribution in [0.5, 0.6) is 11.5 Å². The van der Waals surface area contributed by atoms with Gasteiger partial charge in [-0.2, -0.15) is 0 Å². The smallest absolute Gasteiger partial charge is 0.257 e. The molecule has 2 amide bonds. The molecule has 166 valence electrons. The van der Waals surface area contributed by atoms with E-state index in [0.29, 0.717) is 54.1 Å². The molecule has 3 rings (SSSR count). The third kappa shape index (κ3) is 5.91. The Morgan fingerprint density at radius 1 is 1.13 bits per heavy atom. The molecule has 1 fully saturated rings. The number of methoxy groups -OCH3 is 2. The average Bonchev–Trinajstić information content (AvgIpc) is 2.81. The second-order valence-electron chi connectivity index (χ2n) is 7.71. The number of carbonyl (C=O) groups excluding carboxylic acids is 2. The van der Waals surface area contributed by atoms with Crippen LogP contribution < -0.4 is 14.8 Å². The highest BCUT2D eigenvalue weighted by Gasteiger charge is 2.27. The normalized spacial score (nSPS) is 16.0. The number of rotatable bonds is 8. The van der Waals surface area contributed by atoms with Crippen LogP contribution in [-0.4, -0.2) is 44.0 Å². The molecule has 0 radical (unpaired) electrons. The Labute approximate surface area is 188 Å². The molecule has 1 aliphatic rings. The number of hydrogen-bond acceptors (Lipinski definition) is 4. The van der Waals surface area contributed by atoms with Gasteiger partial charge in [-0.15, -0.1) is 0 Å². The van der Waals surface area contributed by atoms with Gasteiger partial charge in [-0.3, -0.25) is 9.59 Å². The molecule has 1 saturated heterocycles.